The van der Waals surface area contributed by atoms with Crippen LogP contribution in [0.4, 0.5) is 18.9 Å². The predicted octanol–water partition coefficient (Wildman–Crippen LogP) is 5.13. The Morgan fingerprint density at radius 1 is 1.14 bits per heavy atom. The monoisotopic (exact) mass is 415 g/mol. The number of fused-ring (bicyclic) bond motifs is 1. The molecule has 2 aromatic rings. The summed E-state index contributed by atoms with van der Waals surface area (Å²) in [5, 5.41) is 2.73. The molecule has 0 amide bonds. The number of nitrogens with one attached hydrogen (secondary N) is 1. The van der Waals surface area contributed by atoms with Crippen LogP contribution < -0.4 is 19.5 Å². The Kier molecular flexibility index (Phi) is 5.60. The van der Waals surface area contributed by atoms with E-state index in [-0.39, 0.29) is 29.2 Å². The van der Waals surface area contributed by atoms with Gasteiger partial charge in [-0.15, -0.1) is 0 Å². The number of carbonyl (C=O) groups is 1. The van der Waals surface area contributed by atoms with E-state index in [9.17, 15) is 18.0 Å². The summed E-state index contributed by atoms with van der Waals surface area (Å²) in [6.07, 6.45) is -4.50. The van der Waals surface area contributed by atoms with Crippen molar-refractivity contribution >= 4 is 23.3 Å². The van der Waals surface area contributed by atoms with Gasteiger partial charge in [0.15, 0.2) is 11.5 Å². The first-order chi connectivity index (χ1) is 13.1. The Morgan fingerprint density at radius 2 is 1.86 bits per heavy atom. The van der Waals surface area contributed by atoms with Gasteiger partial charge < -0.3 is 19.5 Å². The molecule has 0 bridgehead atoms. The van der Waals surface area contributed by atoms with Gasteiger partial charge in [-0.25, -0.2) is 4.79 Å². The number of anilines is 1. The Labute approximate surface area is 164 Å². The molecule has 1 N–H and O–H groups in total. The van der Waals surface area contributed by atoms with E-state index in [1.807, 2.05) is 0 Å². The number of rotatable bonds is 5. The zero-order valence-electron chi connectivity index (χ0n) is 15.0. The topological polar surface area (TPSA) is 56.8 Å². The number of carbonyl (C=O) groups excluding carboxylic acids is 1. The largest absolute Gasteiger partial charge is 0.454 e. The summed E-state index contributed by atoms with van der Waals surface area (Å²) in [5.74, 6) is 0.449. The fraction of sp³-hybridized carbons (Fsp3) is 0.316. The molecule has 0 spiro atoms. The van der Waals surface area contributed by atoms with Crippen LogP contribution in [0.3, 0.4) is 0 Å². The second-order valence-corrected chi connectivity index (χ2v) is 6.90. The molecule has 1 aliphatic rings. The van der Waals surface area contributed by atoms with Crippen molar-refractivity contribution in [2.24, 2.45) is 5.92 Å². The Balaban J connectivity index is 1.75. The smallest absolute Gasteiger partial charge is 0.416 e. The van der Waals surface area contributed by atoms with Gasteiger partial charge in [0, 0.05) is 6.07 Å². The molecule has 9 heteroatoms. The first kappa shape index (κ1) is 20.1. The number of hydrogen-bond donors (Lipinski definition) is 1. The quantitative estimate of drug-likeness (QED) is 0.542. The van der Waals surface area contributed by atoms with Crippen molar-refractivity contribution in [1.82, 2.24) is 0 Å². The molecule has 28 heavy (non-hydrogen) atoms. The highest BCUT2D eigenvalue weighted by Gasteiger charge is 2.32. The lowest BCUT2D eigenvalue weighted by molar-refractivity contribution is -0.138. The molecule has 150 valence electrons. The molecule has 0 saturated heterocycles. The van der Waals surface area contributed by atoms with Gasteiger partial charge in [-0.3, -0.25) is 0 Å². The van der Waals surface area contributed by atoms with Crippen LogP contribution in [0.15, 0.2) is 36.4 Å². The Morgan fingerprint density at radius 3 is 2.50 bits per heavy atom. The minimum absolute atomic E-state index is 0.0926. The zero-order chi connectivity index (χ0) is 20.5. The van der Waals surface area contributed by atoms with Crippen molar-refractivity contribution in [2.45, 2.75) is 26.1 Å². The second kappa shape index (κ2) is 7.79. The number of ether oxygens (including phenoxy) is 3. The molecule has 3 rings (SSSR count). The van der Waals surface area contributed by atoms with Crippen molar-refractivity contribution < 1.29 is 32.2 Å². The van der Waals surface area contributed by atoms with Gasteiger partial charge in [-0.2, -0.15) is 13.2 Å². The minimum Gasteiger partial charge on any atom is -0.454 e. The van der Waals surface area contributed by atoms with Crippen molar-refractivity contribution in [3.05, 3.63) is 47.0 Å². The van der Waals surface area contributed by atoms with Gasteiger partial charge in [0.05, 0.1) is 16.3 Å². The SMILES string of the molecule is CC(C)[C@H](Nc1ccc(C(F)(F)F)cc1Cl)C(=O)Oc1ccc2c(c1)OCO2. The maximum atomic E-state index is 12.8. The van der Waals surface area contributed by atoms with E-state index in [1.54, 1.807) is 26.0 Å². The molecular weight excluding hydrogens is 399 g/mol. The Bertz CT molecular complexity index is 886. The molecular formula is C19H17ClF3NO4. The van der Waals surface area contributed by atoms with Gasteiger partial charge >= 0.3 is 12.1 Å². The summed E-state index contributed by atoms with van der Waals surface area (Å²) in [6.45, 7) is 3.64. The normalized spacial score (nSPS) is 14.1. The summed E-state index contributed by atoms with van der Waals surface area (Å²) >= 11 is 5.97. The van der Waals surface area contributed by atoms with E-state index in [2.05, 4.69) is 5.32 Å². The number of esters is 1. The van der Waals surface area contributed by atoms with E-state index in [0.29, 0.717) is 11.5 Å². The van der Waals surface area contributed by atoms with Crippen LogP contribution in [-0.4, -0.2) is 18.8 Å². The lowest BCUT2D eigenvalue weighted by Crippen LogP contribution is -2.37. The van der Waals surface area contributed by atoms with Crippen LogP contribution in [0.25, 0.3) is 0 Å². The number of alkyl halides is 3. The van der Waals surface area contributed by atoms with Crippen LogP contribution in [0, 0.1) is 5.92 Å². The van der Waals surface area contributed by atoms with Crippen molar-refractivity contribution in [2.75, 3.05) is 12.1 Å². The molecule has 0 aromatic heterocycles. The molecule has 0 aliphatic carbocycles. The average Bonchev–Trinajstić information content (AvgIpc) is 3.07. The van der Waals surface area contributed by atoms with Crippen molar-refractivity contribution in [3.63, 3.8) is 0 Å². The summed E-state index contributed by atoms with van der Waals surface area (Å²) in [6, 6.07) is 6.78. The van der Waals surface area contributed by atoms with Gasteiger partial charge in [0.1, 0.15) is 11.8 Å². The van der Waals surface area contributed by atoms with Crippen LogP contribution in [-0.2, 0) is 11.0 Å². The van der Waals surface area contributed by atoms with Gasteiger partial charge in [0.2, 0.25) is 6.79 Å². The standard InChI is InChI=1S/C19H17ClF3NO4/c1-10(2)17(24-14-5-3-11(7-13(14)20)19(21,22)23)18(25)28-12-4-6-15-16(8-12)27-9-26-15/h3-8,10,17,24H,9H2,1-2H3/t17-/m0/s1. The van der Waals surface area contributed by atoms with Gasteiger partial charge in [0.25, 0.3) is 0 Å². The summed E-state index contributed by atoms with van der Waals surface area (Å²) in [4.78, 5) is 12.6. The van der Waals surface area contributed by atoms with Crippen molar-refractivity contribution in [1.29, 1.82) is 0 Å². The molecule has 0 unspecified atom stereocenters. The highest BCUT2D eigenvalue weighted by atomic mass is 35.5. The van der Waals surface area contributed by atoms with Crippen LogP contribution >= 0.6 is 11.6 Å². The number of hydrogen-bond acceptors (Lipinski definition) is 5. The average molecular weight is 416 g/mol. The lowest BCUT2D eigenvalue weighted by Gasteiger charge is -2.23. The van der Waals surface area contributed by atoms with E-state index in [1.165, 1.54) is 12.1 Å². The molecule has 1 heterocycles. The molecule has 0 saturated carbocycles. The third kappa shape index (κ3) is 4.44. The Hall–Kier alpha value is -2.61. The summed E-state index contributed by atoms with van der Waals surface area (Å²) in [5.41, 5.74) is -0.664. The van der Waals surface area contributed by atoms with Gasteiger partial charge in [-0.05, 0) is 36.2 Å². The first-order valence-corrected chi connectivity index (χ1v) is 8.77. The van der Waals surface area contributed by atoms with Gasteiger partial charge in [-0.1, -0.05) is 25.4 Å². The summed E-state index contributed by atoms with van der Waals surface area (Å²) in [7, 11) is 0. The second-order valence-electron chi connectivity index (χ2n) is 6.49. The predicted molar refractivity (Wildman–Crippen MR) is 96.9 cm³/mol. The highest BCUT2D eigenvalue weighted by Crippen LogP contribution is 2.36. The number of benzene rings is 2. The zero-order valence-corrected chi connectivity index (χ0v) is 15.7. The number of halogens is 4. The minimum atomic E-state index is -4.50. The van der Waals surface area contributed by atoms with E-state index in [4.69, 9.17) is 25.8 Å². The first-order valence-electron chi connectivity index (χ1n) is 8.40. The third-order valence-electron chi connectivity index (χ3n) is 4.09. The maximum absolute atomic E-state index is 12.8. The van der Waals surface area contributed by atoms with E-state index >= 15 is 0 Å². The fourth-order valence-electron chi connectivity index (χ4n) is 2.59. The lowest BCUT2D eigenvalue weighted by atomic mass is 10.0. The van der Waals surface area contributed by atoms with Crippen LogP contribution in [0.2, 0.25) is 5.02 Å². The molecule has 5 nitrogen and oxygen atoms in total. The van der Waals surface area contributed by atoms with E-state index < -0.39 is 23.8 Å². The molecule has 2 aromatic carbocycles. The van der Waals surface area contributed by atoms with E-state index in [0.717, 1.165) is 12.1 Å². The summed E-state index contributed by atoms with van der Waals surface area (Å²) < 4.78 is 54.2. The fourth-order valence-corrected chi connectivity index (χ4v) is 2.83. The molecule has 1 aliphatic heterocycles. The van der Waals surface area contributed by atoms with Crippen molar-refractivity contribution in [3.8, 4) is 17.2 Å². The molecule has 1 atom stereocenters. The maximum Gasteiger partial charge on any atom is 0.416 e. The third-order valence-corrected chi connectivity index (χ3v) is 4.40. The van der Waals surface area contributed by atoms with Crippen LogP contribution in [0.5, 0.6) is 17.2 Å². The molecule has 0 radical (unpaired) electrons. The van der Waals surface area contributed by atoms with Crippen LogP contribution in [0.1, 0.15) is 19.4 Å². The highest BCUT2D eigenvalue weighted by molar-refractivity contribution is 6.33. The molecule has 0 fully saturated rings.